The van der Waals surface area contributed by atoms with Crippen LogP contribution in [-0.4, -0.2) is 6.04 Å². The lowest BCUT2D eigenvalue weighted by atomic mass is 9.73. The van der Waals surface area contributed by atoms with Gasteiger partial charge in [-0.15, -0.1) is 0 Å². The number of hydrogen-bond acceptors (Lipinski definition) is 2. The Morgan fingerprint density at radius 1 is 1.29 bits per heavy atom. The molecule has 1 N–H and O–H groups in total. The first-order valence-corrected chi connectivity index (χ1v) is 7.12. The van der Waals surface area contributed by atoms with Gasteiger partial charge in [0.05, 0.1) is 17.2 Å². The van der Waals surface area contributed by atoms with Crippen LogP contribution in [0.2, 0.25) is 0 Å². The number of hydrogen-bond donors (Lipinski definition) is 1. The molecule has 0 amide bonds. The van der Waals surface area contributed by atoms with Crippen molar-refractivity contribution in [1.82, 2.24) is 0 Å². The molecule has 1 atom stereocenters. The second kappa shape index (κ2) is 5.59. The minimum absolute atomic E-state index is 0.105. The standard InChI is InChI=1S/C16H19F3N2/c1-15(2)8-4-3-5-14(15)21-12-6-7-13(16(17,18)19)11(9-12)10-20/h6-7,9,14,21H,3-5,8H2,1-2H3. The van der Waals surface area contributed by atoms with Gasteiger partial charge in [-0.2, -0.15) is 18.4 Å². The van der Waals surface area contributed by atoms with Crippen molar-refractivity contribution in [2.45, 2.75) is 51.7 Å². The molecule has 2 rings (SSSR count). The molecule has 0 aliphatic heterocycles. The Morgan fingerprint density at radius 3 is 2.57 bits per heavy atom. The fourth-order valence-electron chi connectivity index (χ4n) is 2.94. The van der Waals surface area contributed by atoms with Crippen molar-refractivity contribution in [3.05, 3.63) is 29.3 Å². The first kappa shape index (κ1) is 15.7. The number of nitriles is 1. The van der Waals surface area contributed by atoms with E-state index in [-0.39, 0.29) is 17.0 Å². The van der Waals surface area contributed by atoms with E-state index in [1.165, 1.54) is 18.6 Å². The van der Waals surface area contributed by atoms with Gasteiger partial charge in [0.15, 0.2) is 0 Å². The quantitative estimate of drug-likeness (QED) is 0.837. The topological polar surface area (TPSA) is 35.8 Å². The summed E-state index contributed by atoms with van der Waals surface area (Å²) in [5, 5.41) is 12.2. The van der Waals surface area contributed by atoms with E-state index in [1.807, 2.05) is 0 Å². The van der Waals surface area contributed by atoms with Crippen LogP contribution in [0.15, 0.2) is 18.2 Å². The first-order valence-electron chi connectivity index (χ1n) is 7.12. The molecule has 2 nitrogen and oxygen atoms in total. The lowest BCUT2D eigenvalue weighted by Crippen LogP contribution is -2.38. The number of anilines is 1. The number of alkyl halides is 3. The first-order chi connectivity index (χ1) is 9.74. The summed E-state index contributed by atoms with van der Waals surface area (Å²) in [4.78, 5) is 0. The third-order valence-electron chi connectivity index (χ3n) is 4.29. The van der Waals surface area contributed by atoms with E-state index in [0.29, 0.717) is 5.69 Å². The Balaban J connectivity index is 2.24. The highest BCUT2D eigenvalue weighted by molar-refractivity contribution is 5.54. The van der Waals surface area contributed by atoms with E-state index in [4.69, 9.17) is 5.26 Å². The molecule has 0 heterocycles. The summed E-state index contributed by atoms with van der Waals surface area (Å²) in [6, 6.07) is 5.55. The molecule has 1 aromatic carbocycles. The van der Waals surface area contributed by atoms with E-state index in [1.54, 1.807) is 6.07 Å². The second-order valence-corrected chi connectivity index (χ2v) is 6.30. The largest absolute Gasteiger partial charge is 0.417 e. The highest BCUT2D eigenvalue weighted by atomic mass is 19.4. The number of halogens is 3. The zero-order chi connectivity index (χ0) is 15.7. The fraction of sp³-hybridized carbons (Fsp3) is 0.562. The molecule has 0 saturated heterocycles. The van der Waals surface area contributed by atoms with Gasteiger partial charge in [0.2, 0.25) is 0 Å². The maximum absolute atomic E-state index is 12.8. The average Bonchev–Trinajstić information content (AvgIpc) is 2.39. The van der Waals surface area contributed by atoms with E-state index in [9.17, 15) is 13.2 Å². The lowest BCUT2D eigenvalue weighted by molar-refractivity contribution is -0.137. The van der Waals surface area contributed by atoms with E-state index >= 15 is 0 Å². The van der Waals surface area contributed by atoms with Gasteiger partial charge < -0.3 is 5.32 Å². The van der Waals surface area contributed by atoms with Crippen molar-refractivity contribution in [3.63, 3.8) is 0 Å². The lowest BCUT2D eigenvalue weighted by Gasteiger charge is -2.39. The van der Waals surface area contributed by atoms with Crippen LogP contribution in [0, 0.1) is 16.7 Å². The van der Waals surface area contributed by atoms with Crippen molar-refractivity contribution < 1.29 is 13.2 Å². The minimum Gasteiger partial charge on any atom is -0.382 e. The Hall–Kier alpha value is -1.70. The zero-order valence-electron chi connectivity index (χ0n) is 12.2. The molecule has 0 spiro atoms. The van der Waals surface area contributed by atoms with Crippen molar-refractivity contribution in [2.75, 3.05) is 5.32 Å². The van der Waals surface area contributed by atoms with Gasteiger partial charge in [0.25, 0.3) is 0 Å². The summed E-state index contributed by atoms with van der Waals surface area (Å²) in [6.07, 6.45) is -0.103. The summed E-state index contributed by atoms with van der Waals surface area (Å²) >= 11 is 0. The second-order valence-electron chi connectivity index (χ2n) is 6.30. The highest BCUT2D eigenvalue weighted by Crippen LogP contribution is 2.38. The van der Waals surface area contributed by atoms with Crippen LogP contribution in [0.4, 0.5) is 18.9 Å². The van der Waals surface area contributed by atoms with E-state index < -0.39 is 11.7 Å². The predicted octanol–water partition coefficient (Wildman–Crippen LogP) is 4.96. The molecule has 114 valence electrons. The Kier molecular flexibility index (Phi) is 4.18. The van der Waals surface area contributed by atoms with Gasteiger partial charge >= 0.3 is 6.18 Å². The third-order valence-corrected chi connectivity index (χ3v) is 4.29. The molecular weight excluding hydrogens is 277 g/mol. The summed E-state index contributed by atoms with van der Waals surface area (Å²) in [5.41, 5.74) is -0.521. The maximum Gasteiger partial charge on any atom is 0.417 e. The van der Waals surface area contributed by atoms with Crippen molar-refractivity contribution in [3.8, 4) is 6.07 Å². The molecular formula is C16H19F3N2. The smallest absolute Gasteiger partial charge is 0.382 e. The monoisotopic (exact) mass is 296 g/mol. The van der Waals surface area contributed by atoms with Gasteiger partial charge in [-0.25, -0.2) is 0 Å². The molecule has 21 heavy (non-hydrogen) atoms. The molecule has 1 aliphatic rings. The van der Waals surface area contributed by atoms with Crippen LogP contribution in [0.25, 0.3) is 0 Å². The molecule has 1 fully saturated rings. The predicted molar refractivity (Wildman–Crippen MR) is 75.8 cm³/mol. The van der Waals surface area contributed by atoms with Gasteiger partial charge in [-0.05, 0) is 36.5 Å². The van der Waals surface area contributed by atoms with Gasteiger partial charge in [0.1, 0.15) is 0 Å². The van der Waals surface area contributed by atoms with Crippen LogP contribution in [-0.2, 0) is 6.18 Å². The van der Waals surface area contributed by atoms with Crippen LogP contribution in [0.1, 0.15) is 50.7 Å². The molecule has 0 radical (unpaired) electrons. The number of benzene rings is 1. The van der Waals surface area contributed by atoms with Crippen LogP contribution >= 0.6 is 0 Å². The Morgan fingerprint density at radius 2 is 2.00 bits per heavy atom. The minimum atomic E-state index is -4.49. The van der Waals surface area contributed by atoms with Gasteiger partial charge in [0, 0.05) is 11.7 Å². The SMILES string of the molecule is CC1(C)CCCCC1Nc1ccc(C(F)(F)F)c(C#N)c1. The summed E-state index contributed by atoms with van der Waals surface area (Å²) in [6.45, 7) is 4.33. The normalized spacial score (nSPS) is 21.6. The number of nitrogens with one attached hydrogen (secondary N) is 1. The fourth-order valence-corrected chi connectivity index (χ4v) is 2.94. The molecule has 1 aliphatic carbocycles. The van der Waals surface area contributed by atoms with Crippen LogP contribution in [0.3, 0.4) is 0 Å². The average molecular weight is 296 g/mol. The van der Waals surface area contributed by atoms with E-state index in [2.05, 4.69) is 19.2 Å². The molecule has 0 aromatic heterocycles. The summed E-state index contributed by atoms with van der Waals surface area (Å²) in [7, 11) is 0. The van der Waals surface area contributed by atoms with Crippen molar-refractivity contribution in [1.29, 1.82) is 5.26 Å². The molecule has 0 bridgehead atoms. The Bertz CT molecular complexity index is 556. The molecule has 1 unspecified atom stereocenters. The van der Waals surface area contributed by atoms with Gasteiger partial charge in [-0.3, -0.25) is 0 Å². The summed E-state index contributed by atoms with van der Waals surface area (Å²) in [5.74, 6) is 0. The number of rotatable bonds is 2. The zero-order valence-corrected chi connectivity index (χ0v) is 12.2. The molecule has 1 aromatic rings. The van der Waals surface area contributed by atoms with E-state index in [0.717, 1.165) is 25.3 Å². The van der Waals surface area contributed by atoms with Crippen molar-refractivity contribution >= 4 is 5.69 Å². The maximum atomic E-state index is 12.8. The molecule has 1 saturated carbocycles. The number of nitrogens with zero attached hydrogens (tertiary/aromatic N) is 1. The third kappa shape index (κ3) is 3.49. The summed E-state index contributed by atoms with van der Waals surface area (Å²) < 4.78 is 38.3. The highest BCUT2D eigenvalue weighted by Gasteiger charge is 2.35. The molecule has 5 heteroatoms. The van der Waals surface area contributed by atoms with Crippen molar-refractivity contribution in [2.24, 2.45) is 5.41 Å². The van der Waals surface area contributed by atoms with Crippen LogP contribution in [0.5, 0.6) is 0 Å². The van der Waals surface area contributed by atoms with Crippen LogP contribution < -0.4 is 5.32 Å². The Labute approximate surface area is 123 Å². The van der Waals surface area contributed by atoms with Gasteiger partial charge in [-0.1, -0.05) is 26.7 Å².